The number of hydrogen-bond donors (Lipinski definition) is 1. The minimum atomic E-state index is -0.640. The fourth-order valence-electron chi connectivity index (χ4n) is 3.84. The Morgan fingerprint density at radius 3 is 2.62 bits per heavy atom. The van der Waals surface area contributed by atoms with Crippen LogP contribution in [0.25, 0.3) is 0 Å². The summed E-state index contributed by atoms with van der Waals surface area (Å²) < 4.78 is 1.82. The Hall–Kier alpha value is -2.14. The summed E-state index contributed by atoms with van der Waals surface area (Å²) in [5, 5.41) is 14.8. The summed E-state index contributed by atoms with van der Waals surface area (Å²) in [4.78, 5) is 14.9. The predicted octanol–water partition coefficient (Wildman–Crippen LogP) is 3.25. The summed E-state index contributed by atoms with van der Waals surface area (Å²) >= 11 is 0. The molecule has 1 amide bonds. The van der Waals surface area contributed by atoms with Crippen molar-refractivity contribution in [3.8, 4) is 0 Å². The maximum atomic E-state index is 13.0. The molecule has 0 aliphatic heterocycles. The number of aromatic nitrogens is 2. The van der Waals surface area contributed by atoms with E-state index in [2.05, 4.69) is 5.10 Å². The van der Waals surface area contributed by atoms with Gasteiger partial charge in [-0.3, -0.25) is 9.48 Å². The monoisotopic (exact) mass is 355 g/mol. The van der Waals surface area contributed by atoms with E-state index in [0.717, 1.165) is 36.9 Å². The van der Waals surface area contributed by atoms with Gasteiger partial charge in [-0.2, -0.15) is 5.10 Å². The molecule has 3 rings (SSSR count). The molecule has 1 aromatic heterocycles. The fourth-order valence-corrected chi connectivity index (χ4v) is 3.84. The zero-order chi connectivity index (χ0) is 18.4. The lowest BCUT2D eigenvalue weighted by molar-refractivity contribution is -0.136. The Morgan fingerprint density at radius 2 is 1.96 bits per heavy atom. The van der Waals surface area contributed by atoms with Crippen molar-refractivity contribution in [3.05, 3.63) is 53.9 Å². The van der Waals surface area contributed by atoms with Crippen molar-refractivity contribution in [3.63, 3.8) is 0 Å². The van der Waals surface area contributed by atoms with Gasteiger partial charge in [-0.15, -0.1) is 0 Å². The molecular formula is C21H29N3O2. The van der Waals surface area contributed by atoms with Crippen LogP contribution in [0.3, 0.4) is 0 Å². The summed E-state index contributed by atoms with van der Waals surface area (Å²) in [5.74, 6) is 0.132. The average molecular weight is 355 g/mol. The molecule has 140 valence electrons. The largest absolute Gasteiger partial charge is 0.387 e. The van der Waals surface area contributed by atoms with Crippen LogP contribution < -0.4 is 0 Å². The molecule has 0 unspecified atom stereocenters. The number of nitrogens with zero attached hydrogens (tertiary/aromatic N) is 3. The Kier molecular flexibility index (Phi) is 6.45. The molecule has 1 N–H and O–H groups in total. The van der Waals surface area contributed by atoms with Crippen molar-refractivity contribution in [1.29, 1.82) is 0 Å². The van der Waals surface area contributed by atoms with Gasteiger partial charge in [0.05, 0.1) is 12.6 Å². The van der Waals surface area contributed by atoms with Crippen LogP contribution in [0, 0.1) is 0 Å². The first kappa shape index (κ1) is 18.6. The Bertz CT molecular complexity index is 692. The van der Waals surface area contributed by atoms with Gasteiger partial charge in [0.15, 0.2) is 0 Å². The van der Waals surface area contributed by atoms with Crippen LogP contribution in [-0.2, 0) is 18.3 Å². The number of hydrogen-bond acceptors (Lipinski definition) is 3. The quantitative estimate of drug-likeness (QED) is 0.829. The van der Waals surface area contributed by atoms with E-state index in [4.69, 9.17) is 0 Å². The van der Waals surface area contributed by atoms with Crippen LogP contribution in [-0.4, -0.2) is 38.3 Å². The lowest BCUT2D eigenvalue weighted by atomic mass is 9.93. The van der Waals surface area contributed by atoms with Gasteiger partial charge in [0, 0.05) is 31.4 Å². The lowest BCUT2D eigenvalue weighted by Gasteiger charge is -2.36. The molecule has 1 atom stereocenters. The Balaban J connectivity index is 1.67. The van der Waals surface area contributed by atoms with Crippen molar-refractivity contribution >= 4 is 5.91 Å². The van der Waals surface area contributed by atoms with E-state index in [1.54, 1.807) is 6.20 Å². The van der Waals surface area contributed by atoms with Gasteiger partial charge in [0.25, 0.3) is 0 Å². The van der Waals surface area contributed by atoms with Crippen LogP contribution in [0.15, 0.2) is 42.6 Å². The predicted molar refractivity (Wildman–Crippen MR) is 102 cm³/mol. The molecular weight excluding hydrogens is 326 g/mol. The lowest BCUT2D eigenvalue weighted by Crippen LogP contribution is -2.44. The molecule has 0 spiro atoms. The second kappa shape index (κ2) is 8.99. The smallest absolute Gasteiger partial charge is 0.223 e. The molecule has 1 aliphatic carbocycles. The van der Waals surface area contributed by atoms with E-state index < -0.39 is 6.10 Å². The van der Waals surface area contributed by atoms with Gasteiger partial charge >= 0.3 is 0 Å². The van der Waals surface area contributed by atoms with E-state index in [1.807, 2.05) is 53.0 Å². The maximum absolute atomic E-state index is 13.0. The number of carbonyl (C=O) groups excluding carboxylic acids is 1. The fraction of sp³-hybridized carbons (Fsp3) is 0.524. The molecule has 1 saturated carbocycles. The van der Waals surface area contributed by atoms with Gasteiger partial charge < -0.3 is 10.0 Å². The zero-order valence-electron chi connectivity index (χ0n) is 15.6. The number of rotatable bonds is 7. The second-order valence-corrected chi connectivity index (χ2v) is 7.21. The summed E-state index contributed by atoms with van der Waals surface area (Å²) in [6.45, 7) is 0.374. The number of carbonyl (C=O) groups is 1. The molecule has 5 nitrogen and oxygen atoms in total. The minimum absolute atomic E-state index is 0.132. The van der Waals surface area contributed by atoms with Crippen LogP contribution in [0.1, 0.15) is 55.9 Å². The zero-order valence-corrected chi connectivity index (χ0v) is 15.6. The first-order valence-electron chi connectivity index (χ1n) is 9.64. The van der Waals surface area contributed by atoms with Crippen LogP contribution in [0.4, 0.5) is 0 Å². The average Bonchev–Trinajstić information content (AvgIpc) is 3.10. The number of benzene rings is 1. The second-order valence-electron chi connectivity index (χ2n) is 7.21. The highest BCUT2D eigenvalue weighted by molar-refractivity contribution is 5.76. The number of aliphatic hydroxyl groups excluding tert-OH is 1. The van der Waals surface area contributed by atoms with E-state index in [1.165, 1.54) is 6.42 Å². The number of aryl methyl sites for hydroxylation is 2. The van der Waals surface area contributed by atoms with Crippen molar-refractivity contribution in [1.82, 2.24) is 14.7 Å². The highest BCUT2D eigenvalue weighted by atomic mass is 16.3. The highest BCUT2D eigenvalue weighted by Gasteiger charge is 2.27. The molecule has 1 heterocycles. The van der Waals surface area contributed by atoms with E-state index >= 15 is 0 Å². The van der Waals surface area contributed by atoms with Crippen molar-refractivity contribution < 1.29 is 9.90 Å². The van der Waals surface area contributed by atoms with Crippen LogP contribution >= 0.6 is 0 Å². The van der Waals surface area contributed by atoms with E-state index in [0.29, 0.717) is 19.4 Å². The van der Waals surface area contributed by atoms with Gasteiger partial charge in [-0.25, -0.2) is 0 Å². The molecule has 1 aromatic carbocycles. The first-order valence-corrected chi connectivity index (χ1v) is 9.64. The third kappa shape index (κ3) is 4.73. The summed E-state index contributed by atoms with van der Waals surface area (Å²) in [7, 11) is 1.90. The molecule has 5 heteroatoms. The third-order valence-electron chi connectivity index (χ3n) is 5.41. The molecule has 26 heavy (non-hydrogen) atoms. The van der Waals surface area contributed by atoms with Gasteiger partial charge in [-0.1, -0.05) is 49.6 Å². The molecule has 1 fully saturated rings. The first-order chi connectivity index (χ1) is 12.6. The molecule has 0 radical (unpaired) electrons. The maximum Gasteiger partial charge on any atom is 0.223 e. The van der Waals surface area contributed by atoms with Crippen LogP contribution in [0.5, 0.6) is 0 Å². The summed E-state index contributed by atoms with van der Waals surface area (Å²) in [5.41, 5.74) is 1.93. The molecule has 0 bridgehead atoms. The topological polar surface area (TPSA) is 58.4 Å². The van der Waals surface area contributed by atoms with Gasteiger partial charge in [-0.05, 0) is 30.9 Å². The van der Waals surface area contributed by atoms with Crippen molar-refractivity contribution in [2.24, 2.45) is 7.05 Å². The van der Waals surface area contributed by atoms with Gasteiger partial charge in [0.1, 0.15) is 0 Å². The van der Waals surface area contributed by atoms with Crippen molar-refractivity contribution in [2.75, 3.05) is 6.54 Å². The number of amides is 1. The van der Waals surface area contributed by atoms with Crippen molar-refractivity contribution in [2.45, 2.75) is 57.1 Å². The minimum Gasteiger partial charge on any atom is -0.387 e. The standard InChI is InChI=1S/C21H29N3O2/c1-23-18(14-15-22-23)12-13-21(26)24(19-10-6-3-7-11-19)16-20(25)17-8-4-2-5-9-17/h2,4-5,8-9,14-15,19-20,25H,3,6-7,10-13,16H2,1H3/t20-/m0/s1. The highest BCUT2D eigenvalue weighted by Crippen LogP contribution is 2.26. The Morgan fingerprint density at radius 1 is 1.23 bits per heavy atom. The molecule has 2 aromatic rings. The Labute approximate surface area is 155 Å². The van der Waals surface area contributed by atoms with Crippen LogP contribution in [0.2, 0.25) is 0 Å². The van der Waals surface area contributed by atoms with Gasteiger partial charge in [0.2, 0.25) is 5.91 Å². The number of aliphatic hydroxyl groups is 1. The summed E-state index contributed by atoms with van der Waals surface area (Å²) in [6, 6.07) is 11.8. The normalized spacial score (nSPS) is 16.4. The third-order valence-corrected chi connectivity index (χ3v) is 5.41. The molecule has 1 aliphatic rings. The van der Waals surface area contributed by atoms with E-state index in [9.17, 15) is 9.90 Å². The summed E-state index contributed by atoms with van der Waals surface area (Å²) in [6.07, 6.45) is 7.91. The SMILES string of the molecule is Cn1nccc1CCC(=O)N(C[C@H](O)c1ccccc1)C1CCCCC1. The molecule has 0 saturated heterocycles. The van der Waals surface area contributed by atoms with E-state index in [-0.39, 0.29) is 11.9 Å².